The number of methoxy groups -OCH3 is 1. The second kappa shape index (κ2) is 3.12. The van der Waals surface area contributed by atoms with E-state index in [0.29, 0.717) is 5.75 Å². The molecule has 0 radical (unpaired) electrons. The Morgan fingerprint density at radius 1 is 1.43 bits per heavy atom. The molecule has 0 fully saturated rings. The fraction of sp³-hybridized carbons (Fsp3) is 0.400. The molecule has 0 unspecified atom stereocenters. The van der Waals surface area contributed by atoms with Crippen molar-refractivity contribution in [1.29, 1.82) is 0 Å². The summed E-state index contributed by atoms with van der Waals surface area (Å²) in [5, 5.41) is 0. The number of alkyl halides is 2. The molecule has 0 saturated heterocycles. The molecule has 1 aromatic rings. The summed E-state index contributed by atoms with van der Waals surface area (Å²) in [6.07, 6.45) is -0.271. The lowest BCUT2D eigenvalue weighted by atomic mass is 10.0. The van der Waals surface area contributed by atoms with E-state index < -0.39 is 5.92 Å². The smallest absolute Gasteiger partial charge is 0.280 e. The molecular formula is C10H10F2O2. The van der Waals surface area contributed by atoms with E-state index in [1.54, 1.807) is 6.07 Å². The number of rotatable bonds is 1. The van der Waals surface area contributed by atoms with Crippen LogP contribution in [-0.4, -0.2) is 13.7 Å². The molecule has 76 valence electrons. The third kappa shape index (κ3) is 1.41. The molecule has 0 atom stereocenters. The lowest BCUT2D eigenvalue weighted by molar-refractivity contribution is -0.0406. The maximum absolute atomic E-state index is 13.4. The second-order valence-electron chi connectivity index (χ2n) is 3.17. The zero-order valence-electron chi connectivity index (χ0n) is 7.72. The summed E-state index contributed by atoms with van der Waals surface area (Å²) in [5.41, 5.74) is -0.0805. The van der Waals surface area contributed by atoms with E-state index in [4.69, 9.17) is 9.47 Å². The highest BCUT2D eigenvalue weighted by Gasteiger charge is 2.38. The summed E-state index contributed by atoms with van der Waals surface area (Å²) in [6.45, 7) is 0.0618. The molecular weight excluding hydrogens is 190 g/mol. The van der Waals surface area contributed by atoms with E-state index in [2.05, 4.69) is 0 Å². The Labute approximate surface area is 80.4 Å². The monoisotopic (exact) mass is 200 g/mol. The van der Waals surface area contributed by atoms with Crippen molar-refractivity contribution in [3.05, 3.63) is 23.8 Å². The van der Waals surface area contributed by atoms with Gasteiger partial charge in [-0.15, -0.1) is 0 Å². The predicted octanol–water partition coefficient (Wildman–Crippen LogP) is 2.57. The number of fused-ring (bicyclic) bond motifs is 1. The third-order valence-electron chi connectivity index (χ3n) is 2.25. The maximum Gasteiger partial charge on any atom is 0.280 e. The summed E-state index contributed by atoms with van der Waals surface area (Å²) in [7, 11) is 1.45. The van der Waals surface area contributed by atoms with Gasteiger partial charge in [0.1, 0.15) is 11.5 Å². The molecule has 0 saturated carbocycles. The molecule has 1 aliphatic rings. The van der Waals surface area contributed by atoms with Crippen LogP contribution in [0, 0.1) is 0 Å². The molecule has 0 spiro atoms. The predicted molar refractivity (Wildman–Crippen MR) is 47.0 cm³/mol. The minimum absolute atomic E-state index is 0.0618. The molecule has 0 aromatic heterocycles. The maximum atomic E-state index is 13.4. The quantitative estimate of drug-likeness (QED) is 0.693. The number of halogens is 2. The minimum atomic E-state index is -2.80. The standard InChI is InChI=1S/C10H10F2O2/c1-13-7-2-3-9-8(6-7)10(11,12)4-5-14-9/h2-3,6H,4-5H2,1H3. The van der Waals surface area contributed by atoms with Gasteiger partial charge in [-0.25, -0.2) is 8.78 Å². The van der Waals surface area contributed by atoms with Crippen molar-refractivity contribution in [2.24, 2.45) is 0 Å². The Morgan fingerprint density at radius 3 is 2.93 bits per heavy atom. The summed E-state index contributed by atoms with van der Waals surface area (Å²) >= 11 is 0. The van der Waals surface area contributed by atoms with Gasteiger partial charge < -0.3 is 9.47 Å². The van der Waals surface area contributed by atoms with Crippen LogP contribution >= 0.6 is 0 Å². The van der Waals surface area contributed by atoms with Crippen molar-refractivity contribution >= 4 is 0 Å². The molecule has 1 aromatic carbocycles. The average Bonchev–Trinajstić information content (AvgIpc) is 2.17. The molecule has 14 heavy (non-hydrogen) atoms. The van der Waals surface area contributed by atoms with Gasteiger partial charge in [0, 0.05) is 0 Å². The fourth-order valence-electron chi connectivity index (χ4n) is 1.47. The van der Waals surface area contributed by atoms with Crippen LogP contribution in [0.3, 0.4) is 0 Å². The summed E-state index contributed by atoms with van der Waals surface area (Å²) in [4.78, 5) is 0. The highest BCUT2D eigenvalue weighted by atomic mass is 19.3. The second-order valence-corrected chi connectivity index (χ2v) is 3.17. The van der Waals surface area contributed by atoms with Crippen LogP contribution < -0.4 is 9.47 Å². The van der Waals surface area contributed by atoms with E-state index in [1.807, 2.05) is 0 Å². The summed E-state index contributed by atoms with van der Waals surface area (Å²) < 4.78 is 36.8. The first kappa shape index (κ1) is 9.24. The Hall–Kier alpha value is -1.32. The van der Waals surface area contributed by atoms with Crippen molar-refractivity contribution < 1.29 is 18.3 Å². The van der Waals surface area contributed by atoms with Gasteiger partial charge in [-0.05, 0) is 18.2 Å². The number of hydrogen-bond acceptors (Lipinski definition) is 2. The van der Waals surface area contributed by atoms with Crippen LogP contribution in [0.15, 0.2) is 18.2 Å². The van der Waals surface area contributed by atoms with Gasteiger partial charge in [0.25, 0.3) is 5.92 Å². The van der Waals surface area contributed by atoms with Gasteiger partial charge in [0.15, 0.2) is 0 Å². The Balaban J connectivity index is 2.49. The molecule has 2 nitrogen and oxygen atoms in total. The van der Waals surface area contributed by atoms with Gasteiger partial charge in [-0.2, -0.15) is 0 Å². The molecule has 0 N–H and O–H groups in total. The highest BCUT2D eigenvalue weighted by molar-refractivity contribution is 5.43. The fourth-order valence-corrected chi connectivity index (χ4v) is 1.47. The molecule has 1 aliphatic heterocycles. The molecule has 1 heterocycles. The number of ether oxygens (including phenoxy) is 2. The molecule has 0 amide bonds. The Kier molecular flexibility index (Phi) is 2.06. The average molecular weight is 200 g/mol. The molecule has 2 rings (SSSR count). The topological polar surface area (TPSA) is 18.5 Å². The van der Waals surface area contributed by atoms with Crippen LogP contribution in [0.5, 0.6) is 11.5 Å². The normalized spacial score (nSPS) is 18.2. The number of hydrogen-bond donors (Lipinski definition) is 0. The van der Waals surface area contributed by atoms with E-state index in [-0.39, 0.29) is 24.3 Å². The largest absolute Gasteiger partial charge is 0.497 e. The van der Waals surface area contributed by atoms with E-state index in [0.717, 1.165) is 0 Å². The van der Waals surface area contributed by atoms with Crippen LogP contribution in [0.1, 0.15) is 12.0 Å². The van der Waals surface area contributed by atoms with Gasteiger partial charge in [-0.1, -0.05) is 0 Å². The van der Waals surface area contributed by atoms with Crippen molar-refractivity contribution in [3.8, 4) is 11.5 Å². The lowest BCUT2D eigenvalue weighted by Crippen LogP contribution is -2.23. The van der Waals surface area contributed by atoms with Gasteiger partial charge in [0.2, 0.25) is 0 Å². The van der Waals surface area contributed by atoms with Crippen molar-refractivity contribution in [2.45, 2.75) is 12.3 Å². The number of benzene rings is 1. The zero-order valence-corrected chi connectivity index (χ0v) is 7.72. The first-order chi connectivity index (χ1) is 6.63. The minimum Gasteiger partial charge on any atom is -0.497 e. The van der Waals surface area contributed by atoms with Crippen molar-refractivity contribution in [1.82, 2.24) is 0 Å². The molecule has 4 heteroatoms. The zero-order chi connectivity index (χ0) is 10.2. The van der Waals surface area contributed by atoms with Crippen LogP contribution in [0.2, 0.25) is 0 Å². The van der Waals surface area contributed by atoms with Gasteiger partial charge in [0.05, 0.1) is 25.7 Å². The first-order valence-corrected chi connectivity index (χ1v) is 4.32. The Bertz CT molecular complexity index is 350. The van der Waals surface area contributed by atoms with E-state index in [9.17, 15) is 8.78 Å². The lowest BCUT2D eigenvalue weighted by Gasteiger charge is -2.25. The van der Waals surface area contributed by atoms with E-state index >= 15 is 0 Å². The van der Waals surface area contributed by atoms with Crippen LogP contribution in [-0.2, 0) is 5.92 Å². The first-order valence-electron chi connectivity index (χ1n) is 4.32. The molecule has 0 bridgehead atoms. The highest BCUT2D eigenvalue weighted by Crippen LogP contribution is 2.42. The van der Waals surface area contributed by atoms with Crippen molar-refractivity contribution in [3.63, 3.8) is 0 Å². The van der Waals surface area contributed by atoms with E-state index in [1.165, 1.54) is 19.2 Å². The van der Waals surface area contributed by atoms with Crippen LogP contribution in [0.4, 0.5) is 8.78 Å². The third-order valence-corrected chi connectivity index (χ3v) is 2.25. The van der Waals surface area contributed by atoms with Crippen LogP contribution in [0.25, 0.3) is 0 Å². The SMILES string of the molecule is COc1ccc2c(c1)C(F)(F)CCO2. The molecule has 0 aliphatic carbocycles. The van der Waals surface area contributed by atoms with Gasteiger partial charge in [-0.3, -0.25) is 0 Å². The van der Waals surface area contributed by atoms with Gasteiger partial charge >= 0.3 is 0 Å². The summed E-state index contributed by atoms with van der Waals surface area (Å²) in [6, 6.07) is 4.45. The summed E-state index contributed by atoms with van der Waals surface area (Å²) in [5.74, 6) is -2.13. The Morgan fingerprint density at radius 2 is 2.21 bits per heavy atom. The van der Waals surface area contributed by atoms with Crippen molar-refractivity contribution in [2.75, 3.05) is 13.7 Å².